The van der Waals surface area contributed by atoms with Gasteiger partial charge in [-0.3, -0.25) is 0 Å². The van der Waals surface area contributed by atoms with Gasteiger partial charge in [-0.2, -0.15) is 0 Å². The number of fused-ring (bicyclic) bond motifs is 10. The van der Waals surface area contributed by atoms with Crippen LogP contribution in [0.3, 0.4) is 0 Å². The fraction of sp³-hybridized carbons (Fsp3) is 0.0169. The van der Waals surface area contributed by atoms with E-state index in [0.717, 1.165) is 17.1 Å². The summed E-state index contributed by atoms with van der Waals surface area (Å²) in [6.45, 7) is 0. The van der Waals surface area contributed by atoms with E-state index in [9.17, 15) is 0 Å². The zero-order valence-electron chi connectivity index (χ0n) is 33.4. The highest BCUT2D eigenvalue weighted by atomic mass is 32.2. The first-order valence-corrected chi connectivity index (χ1v) is 21.8. The molecule has 10 aromatic carbocycles. The normalized spacial score (nSPS) is 13.0. The topological polar surface area (TPSA) is 3.24 Å². The fourth-order valence-corrected chi connectivity index (χ4v) is 11.2. The van der Waals surface area contributed by atoms with E-state index >= 15 is 0 Å². The van der Waals surface area contributed by atoms with E-state index in [2.05, 4.69) is 241 Å². The van der Waals surface area contributed by atoms with Crippen LogP contribution in [0.1, 0.15) is 22.3 Å². The third-order valence-electron chi connectivity index (χ3n) is 12.7. The van der Waals surface area contributed by atoms with Crippen LogP contribution in [-0.4, -0.2) is 0 Å². The zero-order chi connectivity index (χ0) is 40.3. The van der Waals surface area contributed by atoms with Crippen LogP contribution in [0.25, 0.3) is 55.3 Å². The van der Waals surface area contributed by atoms with Crippen molar-refractivity contribution >= 4 is 39.6 Å². The zero-order valence-corrected chi connectivity index (χ0v) is 34.2. The standard InChI is InChI=1S/C59H39NS/c1-4-16-40(17-5-1)42-28-32-47(33-29-42)60(56-35-31-44(41-18-6-2-7-19-41)37-51(56)43-20-8-3-9-21-43)48-34-30-45-38-55-58(39-46(45)36-48)61-57-27-15-14-26-54(57)59(55)52-24-12-10-22-49(52)50-23-11-13-25-53(50)59/h1-39H. The van der Waals surface area contributed by atoms with E-state index in [1.165, 1.54) is 87.3 Å². The third-order valence-corrected chi connectivity index (χ3v) is 13.8. The quantitative estimate of drug-likeness (QED) is 0.165. The maximum atomic E-state index is 2.49. The summed E-state index contributed by atoms with van der Waals surface area (Å²) in [6, 6.07) is 87.2. The van der Waals surface area contributed by atoms with Crippen molar-refractivity contribution in [1.82, 2.24) is 0 Å². The number of benzene rings is 10. The number of hydrogen-bond acceptors (Lipinski definition) is 2. The van der Waals surface area contributed by atoms with Crippen LogP contribution in [0.2, 0.25) is 0 Å². The van der Waals surface area contributed by atoms with Crippen LogP contribution in [0.4, 0.5) is 17.1 Å². The molecule has 1 aliphatic carbocycles. The average Bonchev–Trinajstić information content (AvgIpc) is 3.63. The Balaban J connectivity index is 1.07. The molecular weight excluding hydrogens is 755 g/mol. The lowest BCUT2D eigenvalue weighted by Crippen LogP contribution is -2.31. The van der Waals surface area contributed by atoms with Crippen LogP contribution < -0.4 is 4.90 Å². The van der Waals surface area contributed by atoms with E-state index in [0.29, 0.717) is 0 Å². The molecule has 0 bridgehead atoms. The van der Waals surface area contributed by atoms with Gasteiger partial charge in [0.05, 0.1) is 11.1 Å². The highest BCUT2D eigenvalue weighted by Gasteiger charge is 2.50. The van der Waals surface area contributed by atoms with Gasteiger partial charge in [0, 0.05) is 26.7 Å². The summed E-state index contributed by atoms with van der Waals surface area (Å²) < 4.78 is 0. The third kappa shape index (κ3) is 5.71. The first-order chi connectivity index (χ1) is 30.2. The van der Waals surface area contributed by atoms with Gasteiger partial charge in [-0.1, -0.05) is 194 Å². The average molecular weight is 794 g/mol. The second kappa shape index (κ2) is 14.4. The maximum Gasteiger partial charge on any atom is 0.0735 e. The highest BCUT2D eigenvalue weighted by Crippen LogP contribution is 2.62. The molecule has 0 fully saturated rings. The Morgan fingerprint density at radius 1 is 0.295 bits per heavy atom. The van der Waals surface area contributed by atoms with Crippen LogP contribution in [0, 0.1) is 0 Å². The van der Waals surface area contributed by atoms with Gasteiger partial charge < -0.3 is 4.90 Å². The van der Waals surface area contributed by atoms with Gasteiger partial charge in [0.25, 0.3) is 0 Å². The van der Waals surface area contributed by atoms with Gasteiger partial charge in [0.2, 0.25) is 0 Å². The van der Waals surface area contributed by atoms with Crippen molar-refractivity contribution < 1.29 is 0 Å². The highest BCUT2D eigenvalue weighted by molar-refractivity contribution is 7.99. The van der Waals surface area contributed by atoms with Crippen molar-refractivity contribution in [2.24, 2.45) is 0 Å². The van der Waals surface area contributed by atoms with Gasteiger partial charge in [0.1, 0.15) is 0 Å². The molecule has 0 unspecified atom stereocenters. The first kappa shape index (κ1) is 35.5. The largest absolute Gasteiger partial charge is 0.310 e. The van der Waals surface area contributed by atoms with E-state index in [4.69, 9.17) is 0 Å². The Hall–Kier alpha value is -7.39. The van der Waals surface area contributed by atoms with Crippen molar-refractivity contribution in [1.29, 1.82) is 0 Å². The van der Waals surface area contributed by atoms with Crippen molar-refractivity contribution in [3.05, 3.63) is 259 Å². The summed E-state index contributed by atoms with van der Waals surface area (Å²) >= 11 is 1.90. The smallest absolute Gasteiger partial charge is 0.0735 e. The molecule has 286 valence electrons. The van der Waals surface area contributed by atoms with E-state index in [1.807, 2.05) is 11.8 Å². The fourth-order valence-electron chi connectivity index (χ4n) is 9.98. The van der Waals surface area contributed by atoms with Gasteiger partial charge in [0.15, 0.2) is 0 Å². The molecule has 1 nitrogen and oxygen atoms in total. The molecule has 0 saturated carbocycles. The minimum atomic E-state index is -0.408. The second-order valence-corrected chi connectivity index (χ2v) is 17.1. The van der Waals surface area contributed by atoms with Gasteiger partial charge in [-0.25, -0.2) is 0 Å². The lowest BCUT2D eigenvalue weighted by atomic mass is 9.67. The van der Waals surface area contributed by atoms with E-state index < -0.39 is 5.41 Å². The predicted octanol–water partition coefficient (Wildman–Crippen LogP) is 16.1. The Morgan fingerprint density at radius 3 is 1.49 bits per heavy atom. The molecule has 0 saturated heterocycles. The minimum Gasteiger partial charge on any atom is -0.310 e. The van der Waals surface area contributed by atoms with Crippen LogP contribution in [-0.2, 0) is 5.41 Å². The lowest BCUT2D eigenvalue weighted by molar-refractivity contribution is 0.724. The number of rotatable bonds is 6. The molecule has 61 heavy (non-hydrogen) atoms. The first-order valence-electron chi connectivity index (χ1n) is 21.0. The van der Waals surface area contributed by atoms with Crippen molar-refractivity contribution in [2.75, 3.05) is 4.90 Å². The Labute approximate surface area is 361 Å². The lowest BCUT2D eigenvalue weighted by Gasteiger charge is -2.40. The summed E-state index contributed by atoms with van der Waals surface area (Å²) in [5, 5.41) is 2.44. The summed E-state index contributed by atoms with van der Waals surface area (Å²) in [5.74, 6) is 0. The second-order valence-electron chi connectivity index (χ2n) is 16.0. The summed E-state index contributed by atoms with van der Waals surface area (Å²) in [6.07, 6.45) is 0. The summed E-state index contributed by atoms with van der Waals surface area (Å²) in [4.78, 5) is 5.05. The van der Waals surface area contributed by atoms with Crippen molar-refractivity contribution in [3.63, 3.8) is 0 Å². The molecule has 2 heteroatoms. The van der Waals surface area contributed by atoms with Crippen LogP contribution in [0.15, 0.2) is 246 Å². The monoisotopic (exact) mass is 793 g/mol. The van der Waals surface area contributed by atoms with E-state index in [-0.39, 0.29) is 0 Å². The Morgan fingerprint density at radius 2 is 0.820 bits per heavy atom. The molecule has 10 aromatic rings. The molecule has 0 amide bonds. The molecule has 0 radical (unpaired) electrons. The van der Waals surface area contributed by atoms with Crippen molar-refractivity contribution in [2.45, 2.75) is 15.2 Å². The predicted molar refractivity (Wildman–Crippen MR) is 256 cm³/mol. The molecule has 2 aliphatic rings. The molecule has 1 spiro atoms. The molecule has 0 N–H and O–H groups in total. The minimum absolute atomic E-state index is 0.408. The number of nitrogens with zero attached hydrogens (tertiary/aromatic N) is 1. The van der Waals surface area contributed by atoms with Crippen molar-refractivity contribution in [3.8, 4) is 44.5 Å². The Bertz CT molecular complexity index is 3220. The molecule has 1 aliphatic heterocycles. The summed E-state index contributed by atoms with van der Waals surface area (Å²) in [7, 11) is 0. The van der Waals surface area contributed by atoms with Gasteiger partial charge >= 0.3 is 0 Å². The molecule has 0 atom stereocenters. The van der Waals surface area contributed by atoms with Gasteiger partial charge in [-0.15, -0.1) is 0 Å². The number of anilines is 3. The maximum absolute atomic E-state index is 2.49. The van der Waals surface area contributed by atoms with E-state index in [1.54, 1.807) is 0 Å². The Kier molecular flexibility index (Phi) is 8.40. The molecular formula is C59H39NS. The molecule has 1 heterocycles. The summed E-state index contributed by atoms with van der Waals surface area (Å²) in [5.41, 5.74) is 18.1. The molecule has 0 aromatic heterocycles. The van der Waals surface area contributed by atoms with Gasteiger partial charge in [-0.05, 0) is 127 Å². The van der Waals surface area contributed by atoms with Crippen LogP contribution in [0.5, 0.6) is 0 Å². The SMILES string of the molecule is c1ccc(-c2ccc(N(c3ccc4cc5c(cc4c3)Sc3ccccc3C53c4ccccc4-c4ccccc43)c3ccc(-c4ccccc4)cc3-c3ccccc3)cc2)cc1. The van der Waals surface area contributed by atoms with Crippen LogP contribution >= 0.6 is 11.8 Å². The number of hydrogen-bond donors (Lipinski definition) is 0. The molecule has 12 rings (SSSR count).